The molecule has 11 heteroatoms. The number of hydrogen-bond donors (Lipinski definition) is 1. The summed E-state index contributed by atoms with van der Waals surface area (Å²) >= 11 is 6.14. The molecule has 0 saturated carbocycles. The molecule has 1 N–H and O–H groups in total. The van der Waals surface area contributed by atoms with E-state index >= 15 is 0 Å². The van der Waals surface area contributed by atoms with Crippen molar-refractivity contribution in [3.63, 3.8) is 0 Å². The second-order valence-corrected chi connectivity index (χ2v) is 11.3. The number of morpholine rings is 1. The summed E-state index contributed by atoms with van der Waals surface area (Å²) < 4.78 is 16.4. The summed E-state index contributed by atoms with van der Waals surface area (Å²) in [6.45, 7) is 6.27. The summed E-state index contributed by atoms with van der Waals surface area (Å²) in [4.78, 5) is 54.2. The molecule has 0 bridgehead atoms. The Bertz CT molecular complexity index is 1260. The molecule has 4 rings (SSSR count). The average molecular weight is 572 g/mol. The van der Waals surface area contributed by atoms with Crippen LogP contribution in [0.25, 0.3) is 0 Å². The fourth-order valence-corrected chi connectivity index (χ4v) is 5.04. The van der Waals surface area contributed by atoms with Crippen LogP contribution >= 0.6 is 11.6 Å². The van der Waals surface area contributed by atoms with Crippen LogP contribution in [0.3, 0.4) is 0 Å². The molecule has 0 spiro atoms. The number of benzene rings is 2. The first kappa shape index (κ1) is 29.4. The number of hydrogen-bond acceptors (Lipinski definition) is 7. The zero-order valence-electron chi connectivity index (χ0n) is 23.0. The van der Waals surface area contributed by atoms with Crippen molar-refractivity contribution in [2.24, 2.45) is 0 Å². The summed E-state index contributed by atoms with van der Waals surface area (Å²) in [6, 6.07) is 13.3. The number of methoxy groups -OCH3 is 1. The Balaban J connectivity index is 1.47. The minimum absolute atomic E-state index is 0.207. The van der Waals surface area contributed by atoms with Crippen LogP contribution in [0, 0.1) is 0 Å². The first-order chi connectivity index (χ1) is 18.9. The van der Waals surface area contributed by atoms with Crippen molar-refractivity contribution in [1.29, 1.82) is 0 Å². The van der Waals surface area contributed by atoms with Gasteiger partial charge in [0.15, 0.2) is 0 Å². The third-order valence-electron chi connectivity index (χ3n) is 6.68. The summed E-state index contributed by atoms with van der Waals surface area (Å²) in [5, 5.41) is 3.35. The van der Waals surface area contributed by atoms with Crippen LogP contribution in [0.1, 0.15) is 43.1 Å². The maximum Gasteiger partial charge on any atom is 0.410 e. The zero-order valence-corrected chi connectivity index (χ0v) is 23.8. The number of nitrogens with one attached hydrogen (secondary N) is 1. The third kappa shape index (κ3) is 7.31. The van der Waals surface area contributed by atoms with E-state index in [-0.39, 0.29) is 31.5 Å². The van der Waals surface area contributed by atoms with Gasteiger partial charge < -0.3 is 29.3 Å². The number of nitrogens with zero attached hydrogens (tertiary/aromatic N) is 2. The second kappa shape index (κ2) is 12.3. The van der Waals surface area contributed by atoms with E-state index in [0.717, 1.165) is 5.56 Å². The Morgan fingerprint density at radius 3 is 2.48 bits per heavy atom. The van der Waals surface area contributed by atoms with E-state index < -0.39 is 35.8 Å². The van der Waals surface area contributed by atoms with Crippen LogP contribution in [0.2, 0.25) is 5.02 Å². The highest BCUT2D eigenvalue weighted by Crippen LogP contribution is 2.29. The lowest BCUT2D eigenvalue weighted by molar-refractivity contribution is -0.168. The highest BCUT2D eigenvalue weighted by Gasteiger charge is 2.49. The van der Waals surface area contributed by atoms with Crippen molar-refractivity contribution in [3.05, 3.63) is 64.7 Å². The van der Waals surface area contributed by atoms with Gasteiger partial charge in [0.1, 0.15) is 11.7 Å². The zero-order chi connectivity index (χ0) is 29.0. The predicted molar refractivity (Wildman–Crippen MR) is 148 cm³/mol. The Hall–Kier alpha value is -3.63. The number of ether oxygens (including phenoxy) is 3. The molecule has 3 unspecified atom stereocenters. The molecule has 2 saturated heterocycles. The third-order valence-corrected chi connectivity index (χ3v) is 6.91. The van der Waals surface area contributed by atoms with Gasteiger partial charge in [-0.05, 0) is 69.2 Å². The van der Waals surface area contributed by atoms with E-state index in [0.29, 0.717) is 29.2 Å². The molecule has 2 heterocycles. The maximum absolute atomic E-state index is 13.6. The van der Waals surface area contributed by atoms with Crippen LogP contribution in [0.4, 0.5) is 10.5 Å². The fraction of sp³-hybridized carbons (Fsp3) is 0.448. The van der Waals surface area contributed by atoms with E-state index in [1.807, 2.05) is 18.2 Å². The monoisotopic (exact) mass is 571 g/mol. The molecule has 214 valence electrons. The van der Waals surface area contributed by atoms with Crippen LogP contribution in [0.5, 0.6) is 0 Å². The van der Waals surface area contributed by atoms with E-state index in [1.165, 1.54) is 19.2 Å². The molecule has 2 aliphatic heterocycles. The normalized spacial score (nSPS) is 20.6. The van der Waals surface area contributed by atoms with Crippen molar-refractivity contribution in [1.82, 2.24) is 9.80 Å². The van der Waals surface area contributed by atoms with Gasteiger partial charge in [-0.2, -0.15) is 0 Å². The molecular weight excluding hydrogens is 538 g/mol. The Kier molecular flexibility index (Phi) is 9.00. The molecule has 2 aromatic rings. The van der Waals surface area contributed by atoms with E-state index in [1.54, 1.807) is 48.8 Å². The highest BCUT2D eigenvalue weighted by molar-refractivity contribution is 6.30. The number of rotatable bonds is 7. The first-order valence-corrected chi connectivity index (χ1v) is 13.5. The lowest BCUT2D eigenvalue weighted by Crippen LogP contribution is -2.59. The van der Waals surface area contributed by atoms with E-state index in [4.69, 9.17) is 21.1 Å². The van der Waals surface area contributed by atoms with E-state index in [2.05, 4.69) is 10.1 Å². The van der Waals surface area contributed by atoms with Crippen LogP contribution < -0.4 is 5.32 Å². The minimum Gasteiger partial charge on any atom is -0.465 e. The summed E-state index contributed by atoms with van der Waals surface area (Å²) in [7, 11) is 1.29. The Morgan fingerprint density at radius 1 is 1.10 bits per heavy atom. The lowest BCUT2D eigenvalue weighted by atomic mass is 10.0. The Labute approximate surface area is 238 Å². The van der Waals surface area contributed by atoms with Crippen molar-refractivity contribution >= 4 is 41.2 Å². The number of carbonyl (C=O) groups is 4. The number of esters is 1. The minimum atomic E-state index is -1.02. The topological polar surface area (TPSA) is 114 Å². The fourth-order valence-electron chi connectivity index (χ4n) is 4.82. The van der Waals surface area contributed by atoms with Gasteiger partial charge in [0.2, 0.25) is 5.91 Å². The standard InChI is InChI=1S/C29H34ClN3O7/c1-29(2,3)40-28(37)32-16-22-24(17-32)39-23(26(35)33(22)13-12-18-6-5-7-20(30)14-18)15-25(34)31-21-10-8-19(9-11-21)27(36)38-4/h5-11,14,22-24H,12-13,15-17H2,1-4H3,(H,31,34). The summed E-state index contributed by atoms with van der Waals surface area (Å²) in [5.74, 6) is -1.21. The number of fused-ring (bicyclic) bond motifs is 1. The molecule has 40 heavy (non-hydrogen) atoms. The molecule has 0 radical (unpaired) electrons. The number of amides is 3. The van der Waals surface area contributed by atoms with Gasteiger partial charge in [-0.3, -0.25) is 9.59 Å². The van der Waals surface area contributed by atoms with Crippen LogP contribution in [0.15, 0.2) is 48.5 Å². The molecule has 3 atom stereocenters. The van der Waals surface area contributed by atoms with Gasteiger partial charge in [-0.1, -0.05) is 23.7 Å². The largest absolute Gasteiger partial charge is 0.465 e. The predicted octanol–water partition coefficient (Wildman–Crippen LogP) is 3.91. The number of likely N-dealkylation sites (tertiary alicyclic amines) is 1. The van der Waals surface area contributed by atoms with Crippen molar-refractivity contribution in [3.8, 4) is 0 Å². The molecular formula is C29H34ClN3O7. The van der Waals surface area contributed by atoms with Crippen LogP contribution in [-0.2, 0) is 30.2 Å². The van der Waals surface area contributed by atoms with Crippen molar-refractivity contribution in [2.75, 3.05) is 32.1 Å². The van der Waals surface area contributed by atoms with Gasteiger partial charge in [0.25, 0.3) is 5.91 Å². The van der Waals surface area contributed by atoms with Gasteiger partial charge >= 0.3 is 12.1 Å². The molecule has 2 fully saturated rings. The van der Waals surface area contributed by atoms with Gasteiger partial charge in [0, 0.05) is 23.8 Å². The number of halogens is 1. The maximum atomic E-state index is 13.6. The van der Waals surface area contributed by atoms with Gasteiger partial charge in [0.05, 0.1) is 37.8 Å². The second-order valence-electron chi connectivity index (χ2n) is 10.8. The van der Waals surface area contributed by atoms with Crippen LogP contribution in [-0.4, -0.2) is 84.3 Å². The van der Waals surface area contributed by atoms with Crippen molar-refractivity contribution in [2.45, 2.75) is 57.5 Å². The molecule has 10 nitrogen and oxygen atoms in total. The highest BCUT2D eigenvalue weighted by atomic mass is 35.5. The van der Waals surface area contributed by atoms with Gasteiger partial charge in [-0.25, -0.2) is 9.59 Å². The molecule has 0 aliphatic carbocycles. The van der Waals surface area contributed by atoms with Gasteiger partial charge in [-0.15, -0.1) is 0 Å². The molecule has 2 aliphatic rings. The van der Waals surface area contributed by atoms with Crippen molar-refractivity contribution < 1.29 is 33.4 Å². The molecule has 0 aromatic heterocycles. The first-order valence-electron chi connectivity index (χ1n) is 13.1. The van der Waals surface area contributed by atoms with E-state index in [9.17, 15) is 19.2 Å². The smallest absolute Gasteiger partial charge is 0.410 e. The number of anilines is 1. The molecule has 2 aromatic carbocycles. The average Bonchev–Trinajstić information content (AvgIpc) is 3.32. The lowest BCUT2D eigenvalue weighted by Gasteiger charge is -2.40. The summed E-state index contributed by atoms with van der Waals surface area (Å²) in [5.41, 5.74) is 1.12. The number of carbonyl (C=O) groups excluding carboxylic acids is 4. The Morgan fingerprint density at radius 2 is 1.82 bits per heavy atom. The SMILES string of the molecule is COC(=O)c1ccc(NC(=O)CC2OC3CN(C(=O)OC(C)(C)C)CC3N(CCc3cccc(Cl)c3)C2=O)cc1. The summed E-state index contributed by atoms with van der Waals surface area (Å²) in [6.07, 6.45) is -1.62. The quantitative estimate of drug-likeness (QED) is 0.501. The molecule has 3 amide bonds.